The lowest BCUT2D eigenvalue weighted by atomic mass is 10.0. The molecule has 0 unspecified atom stereocenters. The number of methoxy groups -OCH3 is 2. The van der Waals surface area contributed by atoms with Crippen LogP contribution in [0, 0.1) is 0 Å². The van der Waals surface area contributed by atoms with Gasteiger partial charge in [0.25, 0.3) is 0 Å². The zero-order valence-electron chi connectivity index (χ0n) is 24.5. The van der Waals surface area contributed by atoms with Gasteiger partial charge in [-0.3, -0.25) is 4.79 Å². The summed E-state index contributed by atoms with van der Waals surface area (Å²) >= 11 is 0. The summed E-state index contributed by atoms with van der Waals surface area (Å²) in [6, 6.07) is 15.5. The van der Waals surface area contributed by atoms with Crippen molar-refractivity contribution in [3.63, 3.8) is 0 Å². The van der Waals surface area contributed by atoms with E-state index >= 15 is 0 Å². The molecule has 12 nitrogen and oxygen atoms in total. The Morgan fingerprint density at radius 1 is 0.953 bits per heavy atom. The van der Waals surface area contributed by atoms with Gasteiger partial charge >= 0.3 is 6.03 Å². The Labute approximate surface area is 250 Å². The van der Waals surface area contributed by atoms with Gasteiger partial charge in [-0.25, -0.2) is 18.2 Å². The zero-order valence-corrected chi connectivity index (χ0v) is 25.3. The highest BCUT2D eigenvalue weighted by Crippen LogP contribution is 2.32. The molecule has 226 valence electrons. The van der Waals surface area contributed by atoms with Gasteiger partial charge in [-0.05, 0) is 71.1 Å². The second kappa shape index (κ2) is 12.9. The van der Waals surface area contributed by atoms with Gasteiger partial charge in [0.05, 0.1) is 19.1 Å². The van der Waals surface area contributed by atoms with Crippen molar-refractivity contribution in [3.05, 3.63) is 78.0 Å². The molecule has 1 heterocycles. The number of fused-ring (bicyclic) bond motifs is 1. The lowest BCUT2D eigenvalue weighted by Gasteiger charge is -2.22. The fourth-order valence-electron chi connectivity index (χ4n) is 4.47. The molecule has 0 aliphatic rings. The van der Waals surface area contributed by atoms with E-state index in [-0.39, 0.29) is 17.5 Å². The van der Waals surface area contributed by atoms with E-state index in [0.717, 1.165) is 17.0 Å². The van der Waals surface area contributed by atoms with Crippen molar-refractivity contribution in [2.45, 2.75) is 17.5 Å². The van der Waals surface area contributed by atoms with E-state index in [0.29, 0.717) is 39.8 Å². The molecule has 0 radical (unpaired) electrons. The average molecular weight is 607 g/mol. The second-order valence-corrected chi connectivity index (χ2v) is 11.9. The summed E-state index contributed by atoms with van der Waals surface area (Å²) in [6.45, 7) is -0.127. The number of pyridine rings is 1. The van der Waals surface area contributed by atoms with Crippen LogP contribution in [0.15, 0.2) is 71.8 Å². The summed E-state index contributed by atoms with van der Waals surface area (Å²) < 4.78 is 35.9. The quantitative estimate of drug-likeness (QED) is 0.210. The predicted octanol–water partition coefficient (Wildman–Crippen LogP) is 3.80. The fourth-order valence-corrected chi connectivity index (χ4v) is 5.39. The molecule has 3 aromatic carbocycles. The molecule has 4 rings (SSSR count). The van der Waals surface area contributed by atoms with Crippen molar-refractivity contribution >= 4 is 49.7 Å². The summed E-state index contributed by atoms with van der Waals surface area (Å²) in [5, 5.41) is 10.4. The van der Waals surface area contributed by atoms with Crippen LogP contribution >= 0.6 is 0 Å². The normalized spacial score (nSPS) is 11.8. The number of nitrogens with zero attached hydrogens (tertiary/aromatic N) is 2. The number of nitrogen functional groups attached to an aromatic ring is 1. The first-order chi connectivity index (χ1) is 20.4. The van der Waals surface area contributed by atoms with E-state index < -0.39 is 21.8 Å². The number of carbonyl (C=O) groups excluding carboxylic acids is 2. The molecule has 43 heavy (non-hydrogen) atoms. The molecule has 5 N–H and O–H groups in total. The van der Waals surface area contributed by atoms with E-state index in [9.17, 15) is 18.0 Å². The van der Waals surface area contributed by atoms with E-state index in [4.69, 9.17) is 15.2 Å². The lowest BCUT2D eigenvalue weighted by molar-refractivity contribution is -0.122. The largest absolute Gasteiger partial charge is 0.493 e. The first kappa shape index (κ1) is 30.9. The number of hydrogen-bond acceptors (Lipinski definition) is 9. The number of urea groups is 1. The van der Waals surface area contributed by atoms with Crippen LogP contribution in [0.4, 0.5) is 22.0 Å². The molecule has 13 heteroatoms. The Morgan fingerprint density at radius 3 is 2.35 bits per heavy atom. The number of nitrogens with one attached hydrogen (secondary N) is 3. The van der Waals surface area contributed by atoms with Crippen LogP contribution in [-0.4, -0.2) is 64.8 Å². The van der Waals surface area contributed by atoms with Crippen molar-refractivity contribution in [1.29, 1.82) is 0 Å². The van der Waals surface area contributed by atoms with Crippen molar-refractivity contribution in [3.8, 4) is 11.5 Å². The maximum atomic E-state index is 13.8. The Kier molecular flexibility index (Phi) is 9.24. The number of ether oxygens (including phenoxy) is 2. The van der Waals surface area contributed by atoms with Gasteiger partial charge in [-0.15, -0.1) is 0 Å². The fraction of sp³-hybridized carbons (Fsp3) is 0.233. The molecule has 0 aliphatic heterocycles. The minimum atomic E-state index is -3.64. The number of benzene rings is 3. The van der Waals surface area contributed by atoms with Crippen LogP contribution in [0.25, 0.3) is 10.8 Å². The number of sulfone groups is 1. The van der Waals surface area contributed by atoms with Gasteiger partial charge in [-0.1, -0.05) is 6.07 Å². The molecule has 3 amide bonds. The third kappa shape index (κ3) is 7.25. The number of hydrogen-bond donors (Lipinski definition) is 4. The zero-order chi connectivity index (χ0) is 31.3. The number of anilines is 3. The third-order valence-electron chi connectivity index (χ3n) is 6.68. The third-order valence-corrected chi connectivity index (χ3v) is 7.88. The minimum Gasteiger partial charge on any atom is -0.493 e. The van der Waals surface area contributed by atoms with Crippen molar-refractivity contribution in [2.24, 2.45) is 0 Å². The van der Waals surface area contributed by atoms with Gasteiger partial charge in [-0.2, -0.15) is 0 Å². The molecule has 0 fully saturated rings. The average Bonchev–Trinajstić information content (AvgIpc) is 2.97. The van der Waals surface area contributed by atoms with E-state index in [1.807, 2.05) is 18.2 Å². The summed E-state index contributed by atoms with van der Waals surface area (Å²) in [5.41, 5.74) is 7.91. The Hall–Kier alpha value is -5.04. The van der Waals surface area contributed by atoms with Crippen LogP contribution in [0.3, 0.4) is 0 Å². The SMILES string of the molecule is COc1ccc([C@@H](Nc2ccc3c(N)nccc3c2)C(=O)NCc2cc(NC(=O)N(C)C)ccc2S(C)(=O)=O)cc1OC. The van der Waals surface area contributed by atoms with E-state index in [1.165, 1.54) is 37.3 Å². The van der Waals surface area contributed by atoms with Crippen LogP contribution < -0.4 is 31.2 Å². The van der Waals surface area contributed by atoms with Gasteiger partial charge < -0.3 is 36.1 Å². The molecule has 0 spiro atoms. The first-order valence-electron chi connectivity index (χ1n) is 13.1. The Balaban J connectivity index is 1.68. The molecular weight excluding hydrogens is 572 g/mol. The van der Waals surface area contributed by atoms with Gasteiger partial charge in [0.15, 0.2) is 21.3 Å². The number of amides is 3. The van der Waals surface area contributed by atoms with E-state index in [2.05, 4.69) is 20.9 Å². The van der Waals surface area contributed by atoms with Crippen LogP contribution in [-0.2, 0) is 21.2 Å². The van der Waals surface area contributed by atoms with Crippen molar-refractivity contribution in [2.75, 3.05) is 50.9 Å². The lowest BCUT2D eigenvalue weighted by Crippen LogP contribution is -2.33. The minimum absolute atomic E-state index is 0.0343. The number of rotatable bonds is 10. The Morgan fingerprint density at radius 2 is 1.67 bits per heavy atom. The highest BCUT2D eigenvalue weighted by atomic mass is 32.2. The smallest absolute Gasteiger partial charge is 0.321 e. The maximum Gasteiger partial charge on any atom is 0.321 e. The summed E-state index contributed by atoms with van der Waals surface area (Å²) in [6.07, 6.45) is 2.69. The standard InChI is InChI=1S/C30H34N6O6S/c1-36(2)30(38)35-22-8-11-26(43(5,39)40)20(15-22)17-33-29(37)27(19-6-10-24(41-3)25(16-19)42-4)34-21-7-9-23-18(14-21)12-13-32-28(23)31/h6-16,27,34H,17H2,1-5H3,(H2,31,32)(H,33,37)(H,35,38)/t27-/m1/s1. The topological polar surface area (TPSA) is 165 Å². The molecule has 0 saturated carbocycles. The molecular formula is C30H34N6O6S. The molecule has 0 bridgehead atoms. The summed E-state index contributed by atoms with van der Waals surface area (Å²) in [5.74, 6) is 0.877. The second-order valence-electron chi connectivity index (χ2n) is 9.96. The van der Waals surface area contributed by atoms with Crippen LogP contribution in [0.5, 0.6) is 11.5 Å². The van der Waals surface area contributed by atoms with Crippen LogP contribution in [0.2, 0.25) is 0 Å². The number of carbonyl (C=O) groups is 2. The molecule has 1 atom stereocenters. The van der Waals surface area contributed by atoms with Gasteiger partial charge in [0.2, 0.25) is 5.91 Å². The van der Waals surface area contributed by atoms with E-state index in [1.54, 1.807) is 44.6 Å². The van der Waals surface area contributed by atoms with Crippen molar-refractivity contribution < 1.29 is 27.5 Å². The number of aromatic nitrogens is 1. The highest BCUT2D eigenvalue weighted by Gasteiger charge is 2.24. The molecule has 1 aromatic heterocycles. The van der Waals surface area contributed by atoms with Gasteiger partial charge in [0, 0.05) is 49.9 Å². The van der Waals surface area contributed by atoms with Gasteiger partial charge in [0.1, 0.15) is 11.9 Å². The summed E-state index contributed by atoms with van der Waals surface area (Å²) in [7, 11) is 2.55. The molecule has 0 saturated heterocycles. The Bertz CT molecular complexity index is 1780. The molecule has 0 aliphatic carbocycles. The maximum absolute atomic E-state index is 13.8. The van der Waals surface area contributed by atoms with Crippen LogP contribution in [0.1, 0.15) is 17.2 Å². The predicted molar refractivity (Wildman–Crippen MR) is 166 cm³/mol. The summed E-state index contributed by atoms with van der Waals surface area (Å²) in [4.78, 5) is 31.5. The number of nitrogens with two attached hydrogens (primary N) is 1. The van der Waals surface area contributed by atoms with Crippen molar-refractivity contribution in [1.82, 2.24) is 15.2 Å². The highest BCUT2D eigenvalue weighted by molar-refractivity contribution is 7.90. The monoisotopic (exact) mass is 606 g/mol. The first-order valence-corrected chi connectivity index (χ1v) is 15.0. The molecule has 4 aromatic rings.